The van der Waals surface area contributed by atoms with Crippen LogP contribution in [-0.4, -0.2) is 39.0 Å². The number of rotatable bonds is 7. The minimum atomic E-state index is -3.64. The van der Waals surface area contributed by atoms with Gasteiger partial charge in [0.05, 0.1) is 10.6 Å². The third-order valence-corrected chi connectivity index (χ3v) is 6.05. The molecule has 1 heterocycles. The molecule has 0 unspecified atom stereocenters. The zero-order valence-corrected chi connectivity index (χ0v) is 17.7. The summed E-state index contributed by atoms with van der Waals surface area (Å²) in [4.78, 5) is 24.8. The predicted octanol–water partition coefficient (Wildman–Crippen LogP) is 1.88. The topological polar surface area (TPSA) is 108 Å². The van der Waals surface area contributed by atoms with E-state index in [-0.39, 0.29) is 42.4 Å². The predicted molar refractivity (Wildman–Crippen MR) is 115 cm³/mol. The molecular weight excluding hydrogens is 404 g/mol. The van der Waals surface area contributed by atoms with Crippen LogP contribution in [0.25, 0.3) is 0 Å². The van der Waals surface area contributed by atoms with Crippen molar-refractivity contribution in [3.8, 4) is 0 Å². The van der Waals surface area contributed by atoms with E-state index in [4.69, 9.17) is 0 Å². The van der Waals surface area contributed by atoms with E-state index >= 15 is 0 Å². The third-order valence-electron chi connectivity index (χ3n) is 4.57. The van der Waals surface area contributed by atoms with Crippen LogP contribution in [0.3, 0.4) is 0 Å². The summed E-state index contributed by atoms with van der Waals surface area (Å²) >= 11 is 0. The number of carbonyl (C=O) groups excluding carboxylic acids is 2. The van der Waals surface area contributed by atoms with Crippen LogP contribution in [0.5, 0.6) is 0 Å². The Labute approximate surface area is 176 Å². The molecule has 0 saturated heterocycles. The van der Waals surface area contributed by atoms with E-state index in [9.17, 15) is 18.0 Å². The summed E-state index contributed by atoms with van der Waals surface area (Å²) in [6.07, 6.45) is 0.419. The maximum atomic E-state index is 12.4. The summed E-state index contributed by atoms with van der Waals surface area (Å²) in [5.41, 5.74) is 2.79. The van der Waals surface area contributed by atoms with E-state index in [1.807, 2.05) is 32.0 Å². The Morgan fingerprint density at radius 3 is 2.47 bits per heavy atom. The van der Waals surface area contributed by atoms with Crippen LogP contribution < -0.4 is 15.0 Å². The van der Waals surface area contributed by atoms with Gasteiger partial charge >= 0.3 is 0 Å². The summed E-state index contributed by atoms with van der Waals surface area (Å²) in [5.74, 6) is -0.599. The molecule has 1 aliphatic rings. The smallest absolute Gasteiger partial charge is 0.267 e. The minimum Gasteiger partial charge on any atom is -0.350 e. The number of amides is 2. The van der Waals surface area contributed by atoms with Crippen molar-refractivity contribution in [1.82, 2.24) is 10.0 Å². The van der Waals surface area contributed by atoms with Gasteiger partial charge in [0, 0.05) is 25.9 Å². The first-order chi connectivity index (χ1) is 14.3. The Morgan fingerprint density at radius 1 is 1.03 bits per heavy atom. The number of hydrogen-bond acceptors (Lipinski definition) is 5. The maximum Gasteiger partial charge on any atom is 0.267 e. The molecule has 0 atom stereocenters. The molecular formula is C21H24N4O4S. The zero-order valence-electron chi connectivity index (χ0n) is 16.9. The van der Waals surface area contributed by atoms with Crippen LogP contribution >= 0.6 is 0 Å². The molecule has 2 amide bonds. The van der Waals surface area contributed by atoms with Crippen molar-refractivity contribution in [3.05, 3.63) is 59.7 Å². The van der Waals surface area contributed by atoms with Gasteiger partial charge in [-0.15, -0.1) is 0 Å². The van der Waals surface area contributed by atoms with Crippen LogP contribution in [0.15, 0.2) is 58.5 Å². The molecule has 0 bridgehead atoms. The number of benzene rings is 2. The monoisotopic (exact) mass is 428 g/mol. The summed E-state index contributed by atoms with van der Waals surface area (Å²) in [6, 6.07) is 13.8. The van der Waals surface area contributed by atoms with Gasteiger partial charge in [-0.05, 0) is 43.7 Å². The molecule has 30 heavy (non-hydrogen) atoms. The van der Waals surface area contributed by atoms with Gasteiger partial charge in [0.1, 0.15) is 5.71 Å². The number of carbonyl (C=O) groups is 2. The molecule has 2 aromatic carbocycles. The number of nitrogens with one attached hydrogen (secondary N) is 2. The van der Waals surface area contributed by atoms with Gasteiger partial charge in [-0.1, -0.05) is 29.8 Å². The Morgan fingerprint density at radius 2 is 1.77 bits per heavy atom. The van der Waals surface area contributed by atoms with E-state index in [0.717, 1.165) is 11.1 Å². The standard InChI is InChI=1S/C21H24N4O4S/c1-15-6-8-18(9-7-15)30(28,29)23-13-12-22-21(27)19-10-11-20(26)25(24-19)17-5-3-4-16(2)14-17/h3-9,14,23H,10-13H2,1-2H3,(H,22,27). The van der Waals surface area contributed by atoms with Gasteiger partial charge in [-0.25, -0.2) is 18.1 Å². The highest BCUT2D eigenvalue weighted by Gasteiger charge is 2.25. The van der Waals surface area contributed by atoms with E-state index in [2.05, 4.69) is 15.1 Å². The Hall–Kier alpha value is -3.04. The van der Waals surface area contributed by atoms with Crippen LogP contribution in [0.4, 0.5) is 5.69 Å². The average Bonchev–Trinajstić information content (AvgIpc) is 2.71. The minimum absolute atomic E-state index is 0.0375. The highest BCUT2D eigenvalue weighted by molar-refractivity contribution is 7.89. The average molecular weight is 429 g/mol. The van der Waals surface area contributed by atoms with Crippen molar-refractivity contribution in [2.75, 3.05) is 18.1 Å². The molecule has 0 fully saturated rings. The van der Waals surface area contributed by atoms with Crippen LogP contribution in [0.1, 0.15) is 24.0 Å². The summed E-state index contributed by atoms with van der Waals surface area (Å²) < 4.78 is 27.0. The van der Waals surface area contributed by atoms with Gasteiger partial charge < -0.3 is 5.32 Å². The fourth-order valence-electron chi connectivity index (χ4n) is 2.94. The summed E-state index contributed by atoms with van der Waals surface area (Å²) in [7, 11) is -3.64. The largest absolute Gasteiger partial charge is 0.350 e. The lowest BCUT2D eigenvalue weighted by molar-refractivity contribution is -0.118. The van der Waals surface area contributed by atoms with Gasteiger partial charge in [0.25, 0.3) is 5.91 Å². The number of aryl methyl sites for hydroxylation is 2. The van der Waals surface area contributed by atoms with E-state index in [0.29, 0.717) is 5.69 Å². The molecule has 2 N–H and O–H groups in total. The van der Waals surface area contributed by atoms with Crippen molar-refractivity contribution in [2.45, 2.75) is 31.6 Å². The number of sulfonamides is 1. The number of hydrazone groups is 1. The van der Waals surface area contributed by atoms with Crippen LogP contribution in [0.2, 0.25) is 0 Å². The summed E-state index contributed by atoms with van der Waals surface area (Å²) in [5, 5.41) is 8.10. The first kappa shape index (κ1) is 21.7. The molecule has 0 saturated carbocycles. The lowest BCUT2D eigenvalue weighted by Crippen LogP contribution is -2.41. The SMILES string of the molecule is Cc1ccc(S(=O)(=O)NCCNC(=O)C2=NN(c3cccc(C)c3)C(=O)CC2)cc1. The molecule has 9 heteroatoms. The Kier molecular flexibility index (Phi) is 6.63. The van der Waals surface area contributed by atoms with Gasteiger partial charge in [0.15, 0.2) is 0 Å². The first-order valence-corrected chi connectivity index (χ1v) is 11.1. The fraction of sp³-hybridized carbons (Fsp3) is 0.286. The number of anilines is 1. The van der Waals surface area contributed by atoms with Crippen molar-refractivity contribution >= 4 is 33.2 Å². The molecule has 0 spiro atoms. The second-order valence-corrected chi connectivity index (χ2v) is 8.82. The first-order valence-electron chi connectivity index (χ1n) is 9.58. The molecule has 8 nitrogen and oxygen atoms in total. The van der Waals surface area contributed by atoms with Crippen molar-refractivity contribution in [1.29, 1.82) is 0 Å². The van der Waals surface area contributed by atoms with Crippen LogP contribution in [-0.2, 0) is 19.6 Å². The molecule has 158 valence electrons. The highest BCUT2D eigenvalue weighted by atomic mass is 32.2. The van der Waals surface area contributed by atoms with Gasteiger partial charge in [-0.3, -0.25) is 9.59 Å². The van der Waals surface area contributed by atoms with Gasteiger partial charge in [0.2, 0.25) is 15.9 Å². The second-order valence-electron chi connectivity index (χ2n) is 7.06. The van der Waals surface area contributed by atoms with Crippen molar-refractivity contribution in [2.24, 2.45) is 5.10 Å². The normalized spacial score (nSPS) is 14.4. The molecule has 0 aromatic heterocycles. The van der Waals surface area contributed by atoms with Crippen molar-refractivity contribution < 1.29 is 18.0 Å². The zero-order chi connectivity index (χ0) is 21.7. The summed E-state index contributed by atoms with van der Waals surface area (Å²) in [6.45, 7) is 3.92. The molecule has 1 aliphatic heterocycles. The lowest BCUT2D eigenvalue weighted by Gasteiger charge is -2.23. The Bertz CT molecular complexity index is 1080. The van der Waals surface area contributed by atoms with E-state index in [1.165, 1.54) is 17.1 Å². The maximum absolute atomic E-state index is 12.4. The quantitative estimate of drug-likeness (QED) is 0.657. The van der Waals surface area contributed by atoms with Crippen molar-refractivity contribution in [3.63, 3.8) is 0 Å². The van der Waals surface area contributed by atoms with Crippen LogP contribution in [0, 0.1) is 13.8 Å². The van der Waals surface area contributed by atoms with Gasteiger partial charge in [-0.2, -0.15) is 5.10 Å². The van der Waals surface area contributed by atoms with E-state index in [1.54, 1.807) is 18.2 Å². The second kappa shape index (κ2) is 9.19. The third kappa shape index (κ3) is 5.31. The number of nitrogens with zero attached hydrogens (tertiary/aromatic N) is 2. The molecule has 0 radical (unpaired) electrons. The lowest BCUT2D eigenvalue weighted by atomic mass is 10.1. The number of hydrogen-bond donors (Lipinski definition) is 2. The highest BCUT2D eigenvalue weighted by Crippen LogP contribution is 2.21. The fourth-order valence-corrected chi connectivity index (χ4v) is 3.97. The Balaban J connectivity index is 1.57. The molecule has 3 rings (SSSR count). The molecule has 2 aromatic rings. The molecule has 0 aliphatic carbocycles. The van der Waals surface area contributed by atoms with E-state index < -0.39 is 15.9 Å².